The molecular formula is C17H26N2O2. The Morgan fingerprint density at radius 1 is 1.19 bits per heavy atom. The second kappa shape index (κ2) is 6.67. The molecular weight excluding hydrogens is 264 g/mol. The Morgan fingerprint density at radius 3 is 2.71 bits per heavy atom. The molecule has 1 aromatic rings. The van der Waals surface area contributed by atoms with Gasteiger partial charge in [0, 0.05) is 18.6 Å². The van der Waals surface area contributed by atoms with Gasteiger partial charge in [-0.25, -0.2) is 0 Å². The highest BCUT2D eigenvalue weighted by Crippen LogP contribution is 2.34. The van der Waals surface area contributed by atoms with E-state index in [1.807, 2.05) is 12.1 Å². The number of likely N-dealkylation sites (N-methyl/N-ethyl adjacent to an activating group) is 1. The first-order chi connectivity index (χ1) is 10.3. The molecule has 4 nitrogen and oxygen atoms in total. The monoisotopic (exact) mass is 290 g/mol. The van der Waals surface area contributed by atoms with Crippen LogP contribution in [0.5, 0.6) is 11.5 Å². The van der Waals surface area contributed by atoms with Crippen molar-refractivity contribution in [2.45, 2.75) is 51.1 Å². The van der Waals surface area contributed by atoms with E-state index < -0.39 is 0 Å². The summed E-state index contributed by atoms with van der Waals surface area (Å²) in [5.41, 5.74) is 7.57. The van der Waals surface area contributed by atoms with E-state index in [0.717, 1.165) is 30.2 Å². The van der Waals surface area contributed by atoms with Gasteiger partial charge in [0.15, 0.2) is 11.5 Å². The first kappa shape index (κ1) is 14.7. The Labute approximate surface area is 127 Å². The Balaban J connectivity index is 1.65. The van der Waals surface area contributed by atoms with Crippen molar-refractivity contribution in [1.29, 1.82) is 0 Å². The number of rotatable bonds is 5. The standard InChI is InChI=1S/C17H26N2O2/c1-2-19(14-6-4-3-5-7-14)11-15(18)13-8-9-16-17(10-13)21-12-20-16/h8-10,14-15H,2-7,11-12,18H2,1H3. The van der Waals surface area contributed by atoms with Crippen LogP contribution >= 0.6 is 0 Å². The summed E-state index contributed by atoms with van der Waals surface area (Å²) in [6.45, 7) is 4.54. The fraction of sp³-hybridized carbons (Fsp3) is 0.647. The lowest BCUT2D eigenvalue weighted by atomic mass is 9.93. The van der Waals surface area contributed by atoms with Crippen molar-refractivity contribution in [2.75, 3.05) is 19.9 Å². The maximum absolute atomic E-state index is 6.43. The van der Waals surface area contributed by atoms with Crippen LogP contribution in [0.15, 0.2) is 18.2 Å². The fourth-order valence-electron chi connectivity index (χ4n) is 3.48. The predicted molar refractivity (Wildman–Crippen MR) is 83.6 cm³/mol. The highest BCUT2D eigenvalue weighted by Gasteiger charge is 2.23. The number of benzene rings is 1. The van der Waals surface area contributed by atoms with Crippen LogP contribution in [0.3, 0.4) is 0 Å². The minimum atomic E-state index is 0.0291. The molecule has 116 valence electrons. The molecule has 1 fully saturated rings. The molecule has 0 bridgehead atoms. The molecule has 0 radical (unpaired) electrons. The molecule has 1 aliphatic carbocycles. The first-order valence-electron chi connectivity index (χ1n) is 8.17. The largest absolute Gasteiger partial charge is 0.454 e. The van der Waals surface area contributed by atoms with Crippen molar-refractivity contribution in [3.05, 3.63) is 23.8 Å². The number of nitrogens with zero attached hydrogens (tertiary/aromatic N) is 1. The average Bonchev–Trinajstić information content (AvgIpc) is 3.00. The topological polar surface area (TPSA) is 47.7 Å². The summed E-state index contributed by atoms with van der Waals surface area (Å²) in [6.07, 6.45) is 6.76. The molecule has 0 aromatic heterocycles. The van der Waals surface area contributed by atoms with Gasteiger partial charge in [0.1, 0.15) is 0 Å². The summed E-state index contributed by atoms with van der Waals surface area (Å²) in [5, 5.41) is 0. The minimum absolute atomic E-state index is 0.0291. The lowest BCUT2D eigenvalue weighted by molar-refractivity contribution is 0.155. The second-order valence-corrected chi connectivity index (χ2v) is 6.10. The van der Waals surface area contributed by atoms with Gasteiger partial charge in [0.05, 0.1) is 0 Å². The molecule has 1 unspecified atom stereocenters. The maximum atomic E-state index is 6.43. The predicted octanol–water partition coefficient (Wildman–Crippen LogP) is 3.07. The highest BCUT2D eigenvalue weighted by molar-refractivity contribution is 5.45. The van der Waals surface area contributed by atoms with E-state index in [9.17, 15) is 0 Å². The molecule has 1 heterocycles. The van der Waals surface area contributed by atoms with Crippen molar-refractivity contribution in [3.63, 3.8) is 0 Å². The zero-order chi connectivity index (χ0) is 14.7. The van der Waals surface area contributed by atoms with Gasteiger partial charge in [-0.1, -0.05) is 32.3 Å². The summed E-state index contributed by atoms with van der Waals surface area (Å²) >= 11 is 0. The van der Waals surface area contributed by atoms with Crippen LogP contribution < -0.4 is 15.2 Å². The van der Waals surface area contributed by atoms with Gasteiger partial charge < -0.3 is 15.2 Å². The molecule has 0 saturated heterocycles. The average molecular weight is 290 g/mol. The van der Waals surface area contributed by atoms with Crippen LogP contribution in [0.25, 0.3) is 0 Å². The maximum Gasteiger partial charge on any atom is 0.231 e. The third kappa shape index (κ3) is 3.33. The molecule has 0 amide bonds. The molecule has 2 N–H and O–H groups in total. The van der Waals surface area contributed by atoms with E-state index in [1.165, 1.54) is 32.1 Å². The van der Waals surface area contributed by atoms with E-state index in [-0.39, 0.29) is 6.04 Å². The third-order valence-electron chi connectivity index (χ3n) is 4.75. The van der Waals surface area contributed by atoms with Crippen LogP contribution in [-0.2, 0) is 0 Å². The van der Waals surface area contributed by atoms with E-state index >= 15 is 0 Å². The smallest absolute Gasteiger partial charge is 0.231 e. The summed E-state index contributed by atoms with van der Waals surface area (Å²) in [4.78, 5) is 2.55. The number of fused-ring (bicyclic) bond motifs is 1. The van der Waals surface area contributed by atoms with Crippen LogP contribution in [0.1, 0.15) is 50.6 Å². The van der Waals surface area contributed by atoms with Gasteiger partial charge in [-0.3, -0.25) is 4.90 Å². The lowest BCUT2D eigenvalue weighted by Crippen LogP contribution is -2.41. The summed E-state index contributed by atoms with van der Waals surface area (Å²) in [5.74, 6) is 1.65. The summed E-state index contributed by atoms with van der Waals surface area (Å²) < 4.78 is 10.8. The van der Waals surface area contributed by atoms with Crippen LogP contribution in [0.4, 0.5) is 0 Å². The van der Waals surface area contributed by atoms with Crippen LogP contribution in [0, 0.1) is 0 Å². The molecule has 3 rings (SSSR count). The SMILES string of the molecule is CCN(CC(N)c1ccc2c(c1)OCO2)C1CCCCC1. The third-order valence-corrected chi connectivity index (χ3v) is 4.75. The molecule has 1 aromatic carbocycles. The molecule has 1 saturated carbocycles. The van der Waals surface area contributed by atoms with E-state index in [0.29, 0.717) is 12.8 Å². The van der Waals surface area contributed by atoms with Crippen LogP contribution in [0.2, 0.25) is 0 Å². The first-order valence-corrected chi connectivity index (χ1v) is 8.17. The van der Waals surface area contributed by atoms with Gasteiger partial charge in [0.25, 0.3) is 0 Å². The zero-order valence-corrected chi connectivity index (χ0v) is 12.9. The fourth-order valence-corrected chi connectivity index (χ4v) is 3.48. The summed E-state index contributed by atoms with van der Waals surface area (Å²) in [7, 11) is 0. The Hall–Kier alpha value is -1.26. The normalized spacial score (nSPS) is 20.0. The van der Waals surface area contributed by atoms with Crippen molar-refractivity contribution >= 4 is 0 Å². The van der Waals surface area contributed by atoms with Gasteiger partial charge >= 0.3 is 0 Å². The quantitative estimate of drug-likeness (QED) is 0.905. The number of hydrogen-bond acceptors (Lipinski definition) is 4. The Bertz CT molecular complexity index is 472. The van der Waals surface area contributed by atoms with E-state index in [2.05, 4.69) is 17.9 Å². The van der Waals surface area contributed by atoms with Crippen molar-refractivity contribution in [3.8, 4) is 11.5 Å². The zero-order valence-electron chi connectivity index (χ0n) is 12.9. The molecule has 1 atom stereocenters. The van der Waals surface area contributed by atoms with Gasteiger partial charge in [-0.2, -0.15) is 0 Å². The van der Waals surface area contributed by atoms with Crippen molar-refractivity contribution in [1.82, 2.24) is 4.90 Å². The number of ether oxygens (including phenoxy) is 2. The minimum Gasteiger partial charge on any atom is -0.454 e. The van der Waals surface area contributed by atoms with Crippen molar-refractivity contribution in [2.24, 2.45) is 5.73 Å². The summed E-state index contributed by atoms with van der Waals surface area (Å²) in [6, 6.07) is 6.80. The van der Waals surface area contributed by atoms with E-state index in [1.54, 1.807) is 0 Å². The Morgan fingerprint density at radius 2 is 1.95 bits per heavy atom. The molecule has 21 heavy (non-hydrogen) atoms. The van der Waals surface area contributed by atoms with E-state index in [4.69, 9.17) is 15.2 Å². The molecule has 1 aliphatic heterocycles. The number of nitrogens with two attached hydrogens (primary N) is 1. The van der Waals surface area contributed by atoms with Gasteiger partial charge in [-0.05, 0) is 37.1 Å². The molecule has 2 aliphatic rings. The highest BCUT2D eigenvalue weighted by atomic mass is 16.7. The van der Waals surface area contributed by atoms with Gasteiger partial charge in [-0.15, -0.1) is 0 Å². The number of hydrogen-bond donors (Lipinski definition) is 1. The van der Waals surface area contributed by atoms with Crippen LogP contribution in [-0.4, -0.2) is 30.8 Å². The molecule has 0 spiro atoms. The molecule has 4 heteroatoms. The van der Waals surface area contributed by atoms with Crippen molar-refractivity contribution < 1.29 is 9.47 Å². The second-order valence-electron chi connectivity index (χ2n) is 6.10. The van der Waals surface area contributed by atoms with Gasteiger partial charge in [0.2, 0.25) is 6.79 Å². The lowest BCUT2D eigenvalue weighted by Gasteiger charge is -2.35. The Kier molecular flexibility index (Phi) is 4.66.